The molecule has 2 aromatic carbocycles. The smallest absolute Gasteiger partial charge is 0.150 e. The number of nitrogens with one attached hydrogen (secondary N) is 1. The van der Waals surface area contributed by atoms with Crippen LogP contribution in [-0.4, -0.2) is 11.7 Å². The fourth-order valence-electron chi connectivity index (χ4n) is 2.01. The van der Waals surface area contributed by atoms with E-state index in [1.807, 2.05) is 55.5 Å². The molecular formula is C20H21NO2. The maximum absolute atomic E-state index is 9.76. The van der Waals surface area contributed by atoms with Crippen molar-refractivity contribution in [2.45, 2.75) is 6.92 Å². The summed E-state index contributed by atoms with van der Waals surface area (Å²) in [5.41, 5.74) is 2.48. The van der Waals surface area contributed by atoms with Crippen LogP contribution in [0, 0.1) is 6.92 Å². The standard InChI is InChI=1S/C20H21NO2/c1-4-9-18(22)16(3)14-21-17-11-6-8-13-20(17)23-19-12-7-5-10-15(19)2/h4-13,21-22H,1,3,14H2,2H3/b18-9+. The molecular weight excluding hydrogens is 286 g/mol. The second kappa shape index (κ2) is 7.90. The number of aliphatic hydroxyl groups excluding tert-OH is 1. The van der Waals surface area contributed by atoms with Crippen LogP contribution < -0.4 is 10.1 Å². The lowest BCUT2D eigenvalue weighted by Gasteiger charge is -2.15. The normalized spacial score (nSPS) is 10.9. The van der Waals surface area contributed by atoms with Gasteiger partial charge in [0, 0.05) is 12.1 Å². The Balaban J connectivity index is 2.12. The van der Waals surface area contributed by atoms with Crippen LogP contribution in [0.3, 0.4) is 0 Å². The Morgan fingerprint density at radius 1 is 1.13 bits per heavy atom. The van der Waals surface area contributed by atoms with E-state index in [2.05, 4.69) is 18.5 Å². The van der Waals surface area contributed by atoms with Crippen molar-refractivity contribution < 1.29 is 9.84 Å². The maximum Gasteiger partial charge on any atom is 0.150 e. The van der Waals surface area contributed by atoms with E-state index in [4.69, 9.17) is 4.74 Å². The molecule has 2 rings (SSSR count). The first-order chi connectivity index (χ1) is 11.1. The molecule has 2 aromatic rings. The number of rotatable bonds is 7. The van der Waals surface area contributed by atoms with Gasteiger partial charge in [-0.3, -0.25) is 0 Å². The van der Waals surface area contributed by atoms with Gasteiger partial charge >= 0.3 is 0 Å². The quantitative estimate of drug-likeness (QED) is 0.533. The zero-order valence-corrected chi connectivity index (χ0v) is 13.3. The Morgan fingerprint density at radius 2 is 1.78 bits per heavy atom. The van der Waals surface area contributed by atoms with E-state index in [1.165, 1.54) is 12.2 Å². The van der Waals surface area contributed by atoms with Crippen LogP contribution in [0.4, 0.5) is 5.69 Å². The van der Waals surface area contributed by atoms with Gasteiger partial charge in [-0.05, 0) is 36.8 Å². The second-order valence-electron chi connectivity index (χ2n) is 5.11. The number of para-hydroxylation sites is 3. The molecule has 0 spiro atoms. The number of aliphatic hydroxyl groups is 1. The van der Waals surface area contributed by atoms with Crippen molar-refractivity contribution in [3.05, 3.63) is 90.7 Å². The molecule has 0 aromatic heterocycles. The van der Waals surface area contributed by atoms with Crippen LogP contribution in [0.2, 0.25) is 0 Å². The highest BCUT2D eigenvalue weighted by atomic mass is 16.5. The number of ether oxygens (including phenoxy) is 1. The van der Waals surface area contributed by atoms with Crippen molar-refractivity contribution in [3.8, 4) is 11.5 Å². The summed E-state index contributed by atoms with van der Waals surface area (Å²) >= 11 is 0. The summed E-state index contributed by atoms with van der Waals surface area (Å²) in [7, 11) is 0. The summed E-state index contributed by atoms with van der Waals surface area (Å²) in [6, 6.07) is 15.5. The molecule has 0 saturated carbocycles. The molecule has 118 valence electrons. The average molecular weight is 307 g/mol. The molecule has 3 nitrogen and oxygen atoms in total. The Hall–Kier alpha value is -2.94. The third kappa shape index (κ3) is 4.51. The Bertz CT molecular complexity index is 732. The van der Waals surface area contributed by atoms with Crippen LogP contribution in [0.5, 0.6) is 11.5 Å². The Kier molecular flexibility index (Phi) is 5.64. The summed E-state index contributed by atoms with van der Waals surface area (Å²) in [5.74, 6) is 1.65. The fourth-order valence-corrected chi connectivity index (χ4v) is 2.01. The maximum atomic E-state index is 9.76. The lowest BCUT2D eigenvalue weighted by Crippen LogP contribution is -2.06. The van der Waals surface area contributed by atoms with Crippen molar-refractivity contribution in [1.82, 2.24) is 0 Å². The van der Waals surface area contributed by atoms with Gasteiger partial charge in [0.05, 0.1) is 5.69 Å². The SMILES string of the molecule is C=C/C=C(/O)C(=C)CNc1ccccc1Oc1ccccc1C. The summed E-state index contributed by atoms with van der Waals surface area (Å²) in [6.07, 6.45) is 3.04. The predicted octanol–water partition coefficient (Wildman–Crippen LogP) is 5.38. The van der Waals surface area contributed by atoms with Crippen LogP contribution in [0.25, 0.3) is 0 Å². The van der Waals surface area contributed by atoms with Crippen molar-refractivity contribution in [1.29, 1.82) is 0 Å². The molecule has 23 heavy (non-hydrogen) atoms. The van der Waals surface area contributed by atoms with E-state index in [1.54, 1.807) is 0 Å². The molecule has 0 unspecified atom stereocenters. The van der Waals surface area contributed by atoms with Gasteiger partial charge in [0.15, 0.2) is 5.75 Å². The van der Waals surface area contributed by atoms with Crippen LogP contribution in [-0.2, 0) is 0 Å². The molecule has 0 aliphatic heterocycles. The third-order valence-corrected chi connectivity index (χ3v) is 3.33. The highest BCUT2D eigenvalue weighted by Gasteiger charge is 2.07. The molecule has 0 bridgehead atoms. The summed E-state index contributed by atoms with van der Waals surface area (Å²) in [6.45, 7) is 9.81. The number of benzene rings is 2. The van der Waals surface area contributed by atoms with Crippen molar-refractivity contribution in [2.24, 2.45) is 0 Å². The van der Waals surface area contributed by atoms with Crippen molar-refractivity contribution in [2.75, 3.05) is 11.9 Å². The average Bonchev–Trinajstić information content (AvgIpc) is 2.56. The van der Waals surface area contributed by atoms with E-state index in [0.717, 1.165) is 22.7 Å². The molecule has 0 radical (unpaired) electrons. The molecule has 2 N–H and O–H groups in total. The number of hydrogen-bond acceptors (Lipinski definition) is 3. The van der Waals surface area contributed by atoms with E-state index in [-0.39, 0.29) is 5.76 Å². The van der Waals surface area contributed by atoms with Gasteiger partial charge in [-0.1, -0.05) is 49.6 Å². The van der Waals surface area contributed by atoms with Gasteiger partial charge in [0.1, 0.15) is 11.5 Å². The van der Waals surface area contributed by atoms with Crippen molar-refractivity contribution >= 4 is 5.69 Å². The van der Waals surface area contributed by atoms with Crippen molar-refractivity contribution in [3.63, 3.8) is 0 Å². The Morgan fingerprint density at radius 3 is 2.48 bits per heavy atom. The van der Waals surface area contributed by atoms with Gasteiger partial charge in [-0.2, -0.15) is 0 Å². The minimum absolute atomic E-state index is 0.116. The third-order valence-electron chi connectivity index (χ3n) is 3.33. The largest absolute Gasteiger partial charge is 0.508 e. The first-order valence-corrected chi connectivity index (χ1v) is 7.38. The van der Waals surface area contributed by atoms with Crippen LogP contribution >= 0.6 is 0 Å². The molecule has 0 aliphatic rings. The molecule has 0 heterocycles. The van der Waals surface area contributed by atoms with Gasteiger partial charge in [0.2, 0.25) is 0 Å². The molecule has 0 amide bonds. The summed E-state index contributed by atoms with van der Waals surface area (Å²) in [5, 5.41) is 13.0. The minimum Gasteiger partial charge on any atom is -0.508 e. The van der Waals surface area contributed by atoms with Gasteiger partial charge in [0.25, 0.3) is 0 Å². The lowest BCUT2D eigenvalue weighted by molar-refractivity contribution is 0.423. The van der Waals surface area contributed by atoms with E-state index in [0.29, 0.717) is 12.1 Å². The highest BCUT2D eigenvalue weighted by Crippen LogP contribution is 2.31. The molecule has 0 aliphatic carbocycles. The highest BCUT2D eigenvalue weighted by molar-refractivity contribution is 5.58. The first kappa shape index (κ1) is 16.4. The molecule has 0 saturated heterocycles. The van der Waals surface area contributed by atoms with Gasteiger partial charge in [-0.25, -0.2) is 0 Å². The zero-order valence-electron chi connectivity index (χ0n) is 13.3. The van der Waals surface area contributed by atoms with Crippen LogP contribution in [0.15, 0.2) is 85.2 Å². The number of anilines is 1. The predicted molar refractivity (Wildman–Crippen MR) is 96.2 cm³/mol. The van der Waals surface area contributed by atoms with E-state index in [9.17, 15) is 5.11 Å². The monoisotopic (exact) mass is 307 g/mol. The summed E-state index contributed by atoms with van der Waals surface area (Å²) in [4.78, 5) is 0. The molecule has 0 fully saturated rings. The summed E-state index contributed by atoms with van der Waals surface area (Å²) < 4.78 is 6.00. The van der Waals surface area contributed by atoms with E-state index >= 15 is 0 Å². The van der Waals surface area contributed by atoms with Gasteiger partial charge in [-0.15, -0.1) is 0 Å². The second-order valence-corrected chi connectivity index (χ2v) is 5.11. The Labute approximate surface area is 137 Å². The van der Waals surface area contributed by atoms with E-state index < -0.39 is 0 Å². The fraction of sp³-hybridized carbons (Fsp3) is 0.100. The first-order valence-electron chi connectivity index (χ1n) is 7.38. The number of allylic oxidation sites excluding steroid dienone is 2. The lowest BCUT2D eigenvalue weighted by atomic mass is 10.2. The molecule has 0 atom stereocenters. The van der Waals surface area contributed by atoms with Gasteiger partial charge < -0.3 is 15.2 Å². The number of aryl methyl sites for hydroxylation is 1. The minimum atomic E-state index is 0.116. The van der Waals surface area contributed by atoms with Crippen LogP contribution in [0.1, 0.15) is 5.56 Å². The topological polar surface area (TPSA) is 41.5 Å². The number of hydrogen-bond donors (Lipinski definition) is 2. The zero-order chi connectivity index (χ0) is 16.7. The molecule has 3 heteroatoms.